The maximum atomic E-state index is 12.4. The number of esters is 1. The Labute approximate surface area is 161 Å². The number of nitrogens with zero attached hydrogens (tertiary/aromatic N) is 1. The minimum Gasteiger partial charge on any atom is -0.423 e. The van der Waals surface area contributed by atoms with Crippen molar-refractivity contribution in [2.75, 3.05) is 20.6 Å². The van der Waals surface area contributed by atoms with E-state index in [0.29, 0.717) is 23.1 Å². The van der Waals surface area contributed by atoms with E-state index in [1.165, 1.54) is 30.4 Å². The molecule has 2 aromatic carbocycles. The van der Waals surface area contributed by atoms with E-state index < -0.39 is 0 Å². The summed E-state index contributed by atoms with van der Waals surface area (Å²) in [7, 11) is 4.30. The van der Waals surface area contributed by atoms with Crippen LogP contribution in [0.2, 0.25) is 0 Å². The molecule has 0 aromatic heterocycles. The second kappa shape index (κ2) is 7.69. The van der Waals surface area contributed by atoms with Gasteiger partial charge in [0.05, 0.1) is 5.56 Å². The fourth-order valence-corrected chi connectivity index (χ4v) is 4.63. The van der Waals surface area contributed by atoms with Crippen LogP contribution in [0.4, 0.5) is 0 Å². The Kier molecular flexibility index (Phi) is 5.13. The molecule has 0 aliphatic heterocycles. The lowest BCUT2D eigenvalue weighted by atomic mass is 9.76. The van der Waals surface area contributed by atoms with Crippen LogP contribution in [0.5, 0.6) is 5.75 Å². The first-order chi connectivity index (χ1) is 13.1. The fraction of sp³-hybridized carbons (Fsp3) is 0.375. The van der Waals surface area contributed by atoms with Gasteiger partial charge in [-0.3, -0.25) is 0 Å². The number of fused-ring (bicyclic) bond motifs is 2. The van der Waals surface area contributed by atoms with Crippen LogP contribution in [0.1, 0.15) is 35.2 Å². The van der Waals surface area contributed by atoms with Gasteiger partial charge in [0.25, 0.3) is 0 Å². The average Bonchev–Trinajstić information content (AvgIpc) is 3.07. The van der Waals surface area contributed by atoms with Gasteiger partial charge in [0.1, 0.15) is 5.75 Å². The summed E-state index contributed by atoms with van der Waals surface area (Å²) in [5, 5.41) is 0. The monoisotopic (exact) mass is 361 g/mol. The number of rotatable bonds is 5. The molecule has 0 unspecified atom stereocenters. The molecular weight excluding hydrogens is 334 g/mol. The summed E-state index contributed by atoms with van der Waals surface area (Å²) in [6, 6.07) is 17.2. The molecule has 2 aliphatic rings. The maximum absolute atomic E-state index is 12.4. The van der Waals surface area contributed by atoms with Gasteiger partial charge in [-0.05, 0) is 86.5 Å². The van der Waals surface area contributed by atoms with E-state index in [-0.39, 0.29) is 5.97 Å². The summed E-state index contributed by atoms with van der Waals surface area (Å²) in [5.41, 5.74) is 3.19. The highest BCUT2D eigenvalue weighted by Gasteiger charge is 2.37. The third kappa shape index (κ3) is 3.98. The van der Waals surface area contributed by atoms with Crippen LogP contribution in [0.3, 0.4) is 0 Å². The van der Waals surface area contributed by atoms with Crippen LogP contribution in [0, 0.1) is 17.8 Å². The first-order valence-electron chi connectivity index (χ1n) is 9.84. The first kappa shape index (κ1) is 18.0. The zero-order valence-electron chi connectivity index (χ0n) is 16.1. The lowest BCUT2D eigenvalue weighted by molar-refractivity contribution is 0.0734. The molecule has 3 atom stereocenters. The molecule has 2 aliphatic carbocycles. The van der Waals surface area contributed by atoms with Gasteiger partial charge in [-0.25, -0.2) is 4.79 Å². The molecule has 27 heavy (non-hydrogen) atoms. The Morgan fingerprint density at radius 1 is 1.07 bits per heavy atom. The quantitative estimate of drug-likeness (QED) is 0.560. The highest BCUT2D eigenvalue weighted by molar-refractivity contribution is 5.91. The minimum absolute atomic E-state index is 0.310. The second-order valence-electron chi connectivity index (χ2n) is 8.11. The summed E-state index contributed by atoms with van der Waals surface area (Å²) < 4.78 is 5.64. The van der Waals surface area contributed by atoms with Gasteiger partial charge in [-0.15, -0.1) is 0 Å². The van der Waals surface area contributed by atoms with E-state index in [0.717, 1.165) is 12.5 Å². The van der Waals surface area contributed by atoms with Gasteiger partial charge < -0.3 is 9.64 Å². The molecule has 0 heterocycles. The van der Waals surface area contributed by atoms with Crippen LogP contribution in [-0.4, -0.2) is 31.5 Å². The summed E-state index contributed by atoms with van der Waals surface area (Å²) in [6.07, 6.45) is 6.44. The van der Waals surface area contributed by atoms with Crippen molar-refractivity contribution in [2.24, 2.45) is 17.8 Å². The summed E-state index contributed by atoms with van der Waals surface area (Å²) >= 11 is 0. The van der Waals surface area contributed by atoms with Crippen molar-refractivity contribution >= 4 is 11.5 Å². The average molecular weight is 361 g/mol. The smallest absolute Gasteiger partial charge is 0.343 e. The zero-order chi connectivity index (χ0) is 18.8. The second-order valence-corrected chi connectivity index (χ2v) is 8.11. The standard InChI is InChI=1S/C24H27NO2/c1-25(2)16-23-20-12-11-17(13-20)14-22(23)19-9-6-10-21(15-19)27-24(26)18-7-4-3-5-8-18/h3-10,14-15,17,20,23H,11-13,16H2,1-2H3/t17-,20+,23-/m0/s1. The number of carbonyl (C=O) groups excluding carboxylic acids is 1. The zero-order valence-corrected chi connectivity index (χ0v) is 16.1. The van der Waals surface area contributed by atoms with E-state index in [4.69, 9.17) is 4.74 Å². The molecule has 1 fully saturated rings. The van der Waals surface area contributed by atoms with Gasteiger partial charge >= 0.3 is 5.97 Å². The molecule has 2 bridgehead atoms. The van der Waals surface area contributed by atoms with Crippen molar-refractivity contribution < 1.29 is 9.53 Å². The normalized spacial score (nSPS) is 24.0. The van der Waals surface area contributed by atoms with Gasteiger partial charge in [0.15, 0.2) is 0 Å². The summed E-state index contributed by atoms with van der Waals surface area (Å²) in [4.78, 5) is 14.7. The van der Waals surface area contributed by atoms with E-state index in [1.807, 2.05) is 36.4 Å². The van der Waals surface area contributed by atoms with Crippen LogP contribution < -0.4 is 4.74 Å². The largest absolute Gasteiger partial charge is 0.423 e. The number of ether oxygens (including phenoxy) is 1. The molecule has 4 rings (SSSR count). The molecular formula is C24H27NO2. The SMILES string of the molecule is CN(C)C[C@@H]1C(c2cccc(OC(=O)c3ccccc3)c2)=C[C@H]2CC[C@@H]1C2. The van der Waals surface area contributed by atoms with Crippen molar-refractivity contribution in [3.8, 4) is 5.75 Å². The summed E-state index contributed by atoms with van der Waals surface area (Å²) in [6.45, 7) is 1.07. The van der Waals surface area contributed by atoms with Crippen molar-refractivity contribution in [1.82, 2.24) is 4.90 Å². The van der Waals surface area contributed by atoms with E-state index in [9.17, 15) is 4.79 Å². The van der Waals surface area contributed by atoms with E-state index in [2.05, 4.69) is 31.1 Å². The lowest BCUT2D eigenvalue weighted by Crippen LogP contribution is -2.29. The van der Waals surface area contributed by atoms with Gasteiger partial charge in [0, 0.05) is 6.54 Å². The Bertz CT molecular complexity index is 840. The maximum Gasteiger partial charge on any atom is 0.343 e. The van der Waals surface area contributed by atoms with Crippen LogP contribution in [-0.2, 0) is 0 Å². The number of hydrogen-bond acceptors (Lipinski definition) is 3. The Morgan fingerprint density at radius 2 is 1.89 bits per heavy atom. The van der Waals surface area contributed by atoms with Crippen molar-refractivity contribution in [3.63, 3.8) is 0 Å². The topological polar surface area (TPSA) is 29.5 Å². The Morgan fingerprint density at radius 3 is 2.67 bits per heavy atom. The molecule has 0 N–H and O–H groups in total. The molecule has 3 heteroatoms. The molecule has 0 radical (unpaired) electrons. The van der Waals surface area contributed by atoms with Gasteiger partial charge in [0.2, 0.25) is 0 Å². The number of carbonyl (C=O) groups is 1. The highest BCUT2D eigenvalue weighted by atomic mass is 16.5. The molecule has 1 saturated carbocycles. The Hall–Kier alpha value is -2.39. The predicted molar refractivity (Wildman–Crippen MR) is 109 cm³/mol. The third-order valence-electron chi connectivity index (χ3n) is 5.85. The van der Waals surface area contributed by atoms with Crippen molar-refractivity contribution in [1.29, 1.82) is 0 Å². The molecule has 0 amide bonds. The van der Waals surface area contributed by atoms with Crippen LogP contribution in [0.25, 0.3) is 5.57 Å². The Balaban J connectivity index is 1.59. The molecule has 2 aromatic rings. The van der Waals surface area contributed by atoms with Crippen molar-refractivity contribution in [2.45, 2.75) is 19.3 Å². The van der Waals surface area contributed by atoms with E-state index in [1.54, 1.807) is 12.1 Å². The van der Waals surface area contributed by atoms with E-state index >= 15 is 0 Å². The van der Waals surface area contributed by atoms with Crippen LogP contribution in [0.15, 0.2) is 60.7 Å². The lowest BCUT2D eigenvalue weighted by Gasteiger charge is -2.32. The molecule has 0 saturated heterocycles. The number of allylic oxidation sites excluding steroid dienone is 1. The predicted octanol–water partition coefficient (Wildman–Crippen LogP) is 4.90. The molecule has 0 spiro atoms. The van der Waals surface area contributed by atoms with Gasteiger partial charge in [-0.1, -0.05) is 36.4 Å². The van der Waals surface area contributed by atoms with Gasteiger partial charge in [-0.2, -0.15) is 0 Å². The van der Waals surface area contributed by atoms with Crippen molar-refractivity contribution in [3.05, 3.63) is 71.8 Å². The fourth-order valence-electron chi connectivity index (χ4n) is 4.63. The number of hydrogen-bond donors (Lipinski definition) is 0. The number of benzene rings is 2. The molecule has 140 valence electrons. The minimum atomic E-state index is -0.310. The third-order valence-corrected chi connectivity index (χ3v) is 5.85. The first-order valence-corrected chi connectivity index (χ1v) is 9.84. The van der Waals surface area contributed by atoms with Crippen LogP contribution >= 0.6 is 0 Å². The molecule has 3 nitrogen and oxygen atoms in total. The highest BCUT2D eigenvalue weighted by Crippen LogP contribution is 2.48. The summed E-state index contributed by atoms with van der Waals surface area (Å²) in [5.74, 6) is 2.34.